The van der Waals surface area contributed by atoms with Crippen LogP contribution in [-0.2, 0) is 9.59 Å². The van der Waals surface area contributed by atoms with Crippen LogP contribution in [0.4, 0.5) is 0 Å². The van der Waals surface area contributed by atoms with Gasteiger partial charge in [0.25, 0.3) is 0 Å². The van der Waals surface area contributed by atoms with Crippen molar-refractivity contribution in [3.05, 3.63) is 65.2 Å². The van der Waals surface area contributed by atoms with Gasteiger partial charge in [0.2, 0.25) is 5.91 Å². The van der Waals surface area contributed by atoms with E-state index in [9.17, 15) is 14.7 Å². The molecule has 27 heavy (non-hydrogen) atoms. The summed E-state index contributed by atoms with van der Waals surface area (Å²) in [7, 11) is 0. The van der Waals surface area contributed by atoms with Crippen LogP contribution in [0, 0.1) is 6.92 Å². The first kappa shape index (κ1) is 18.6. The Morgan fingerprint density at radius 2 is 1.81 bits per heavy atom. The summed E-state index contributed by atoms with van der Waals surface area (Å²) in [4.78, 5) is 23.4. The molecule has 0 bridgehead atoms. The number of para-hydroxylation sites is 1. The zero-order valence-corrected chi connectivity index (χ0v) is 15.1. The molecule has 1 amide bonds. The van der Waals surface area contributed by atoms with Gasteiger partial charge in [-0.3, -0.25) is 9.59 Å². The van der Waals surface area contributed by atoms with E-state index in [0.717, 1.165) is 16.8 Å². The zero-order chi connectivity index (χ0) is 19.4. The Balaban J connectivity index is 1.87. The lowest BCUT2D eigenvalue weighted by molar-refractivity contribution is -0.137. The third kappa shape index (κ3) is 4.34. The number of phenols is 1. The molecule has 0 fully saturated rings. The molecule has 0 aliphatic carbocycles. The number of carbonyl (C=O) groups excluding carboxylic acids is 1. The SMILES string of the molecule is Cc1ccc(C2=NN(C(=O)CCCC(=O)O)C(c3ccccc3O)C2)cc1. The van der Waals surface area contributed by atoms with Gasteiger partial charge in [-0.05, 0) is 25.0 Å². The molecule has 0 aromatic heterocycles. The van der Waals surface area contributed by atoms with Gasteiger partial charge >= 0.3 is 5.97 Å². The lowest BCUT2D eigenvalue weighted by Crippen LogP contribution is -2.27. The largest absolute Gasteiger partial charge is 0.508 e. The lowest BCUT2D eigenvalue weighted by atomic mass is 9.97. The van der Waals surface area contributed by atoms with Crippen LogP contribution in [0.3, 0.4) is 0 Å². The molecule has 1 atom stereocenters. The van der Waals surface area contributed by atoms with Crippen molar-refractivity contribution in [2.24, 2.45) is 5.10 Å². The Kier molecular flexibility index (Phi) is 5.54. The molecule has 1 aliphatic heterocycles. The van der Waals surface area contributed by atoms with E-state index in [-0.39, 0.29) is 30.9 Å². The van der Waals surface area contributed by atoms with E-state index in [1.165, 1.54) is 5.01 Å². The zero-order valence-electron chi connectivity index (χ0n) is 15.1. The average molecular weight is 366 g/mol. The summed E-state index contributed by atoms with van der Waals surface area (Å²) in [6, 6.07) is 14.4. The van der Waals surface area contributed by atoms with Crippen molar-refractivity contribution in [1.82, 2.24) is 5.01 Å². The first-order valence-corrected chi connectivity index (χ1v) is 8.92. The quantitative estimate of drug-likeness (QED) is 0.817. The van der Waals surface area contributed by atoms with E-state index in [1.54, 1.807) is 18.2 Å². The minimum absolute atomic E-state index is 0.0602. The molecule has 2 N–H and O–H groups in total. The summed E-state index contributed by atoms with van der Waals surface area (Å²) in [6.07, 6.45) is 0.787. The van der Waals surface area contributed by atoms with Crippen molar-refractivity contribution in [3.63, 3.8) is 0 Å². The normalized spacial score (nSPS) is 16.3. The van der Waals surface area contributed by atoms with Crippen molar-refractivity contribution < 1.29 is 19.8 Å². The van der Waals surface area contributed by atoms with E-state index in [0.29, 0.717) is 12.0 Å². The van der Waals surface area contributed by atoms with E-state index >= 15 is 0 Å². The van der Waals surface area contributed by atoms with Crippen LogP contribution in [0.15, 0.2) is 53.6 Å². The van der Waals surface area contributed by atoms with Crippen molar-refractivity contribution in [2.75, 3.05) is 0 Å². The Bertz CT molecular complexity index is 874. The molecule has 1 unspecified atom stereocenters. The molecule has 6 heteroatoms. The summed E-state index contributed by atoms with van der Waals surface area (Å²) >= 11 is 0. The number of amides is 1. The smallest absolute Gasteiger partial charge is 0.303 e. The Morgan fingerprint density at radius 1 is 1.11 bits per heavy atom. The summed E-state index contributed by atoms with van der Waals surface area (Å²) in [5.41, 5.74) is 3.47. The van der Waals surface area contributed by atoms with Gasteiger partial charge < -0.3 is 10.2 Å². The van der Waals surface area contributed by atoms with Crippen LogP contribution >= 0.6 is 0 Å². The standard InChI is InChI=1S/C21H22N2O4/c1-14-9-11-15(12-10-14)17-13-18(16-5-2-3-6-19(16)24)23(22-17)20(25)7-4-8-21(26)27/h2-3,5-6,9-12,18,24H,4,7-8,13H2,1H3,(H,26,27). The molecule has 2 aromatic rings. The van der Waals surface area contributed by atoms with Crippen LogP contribution in [0.2, 0.25) is 0 Å². The lowest BCUT2D eigenvalue weighted by Gasteiger charge is -2.22. The molecule has 140 valence electrons. The molecule has 0 radical (unpaired) electrons. The second-order valence-electron chi connectivity index (χ2n) is 6.68. The van der Waals surface area contributed by atoms with Gasteiger partial charge in [0.15, 0.2) is 0 Å². The number of hydrogen-bond donors (Lipinski definition) is 2. The topological polar surface area (TPSA) is 90.2 Å². The Morgan fingerprint density at radius 3 is 2.48 bits per heavy atom. The van der Waals surface area contributed by atoms with Crippen molar-refractivity contribution in [1.29, 1.82) is 0 Å². The number of benzene rings is 2. The molecule has 0 saturated heterocycles. The number of hydrazone groups is 1. The van der Waals surface area contributed by atoms with Gasteiger partial charge in [-0.1, -0.05) is 48.0 Å². The minimum atomic E-state index is -0.926. The molecule has 6 nitrogen and oxygen atoms in total. The van der Waals surface area contributed by atoms with Gasteiger partial charge in [0.05, 0.1) is 11.8 Å². The summed E-state index contributed by atoms with van der Waals surface area (Å²) in [5.74, 6) is -1.05. The molecule has 0 saturated carbocycles. The predicted octanol–water partition coefficient (Wildman–Crippen LogP) is 3.63. The van der Waals surface area contributed by atoms with Gasteiger partial charge in [0, 0.05) is 24.8 Å². The van der Waals surface area contributed by atoms with Gasteiger partial charge in [-0.25, -0.2) is 5.01 Å². The van der Waals surface area contributed by atoms with Gasteiger partial charge in [0.1, 0.15) is 5.75 Å². The number of phenolic OH excluding ortho intramolecular Hbond substituents is 1. The third-order valence-electron chi connectivity index (χ3n) is 4.63. The number of carbonyl (C=O) groups is 2. The van der Waals surface area contributed by atoms with Crippen LogP contribution in [0.25, 0.3) is 0 Å². The van der Waals surface area contributed by atoms with E-state index < -0.39 is 12.0 Å². The predicted molar refractivity (Wildman–Crippen MR) is 102 cm³/mol. The van der Waals surface area contributed by atoms with E-state index in [1.807, 2.05) is 37.3 Å². The highest BCUT2D eigenvalue weighted by molar-refractivity contribution is 6.03. The van der Waals surface area contributed by atoms with Crippen LogP contribution < -0.4 is 0 Å². The van der Waals surface area contributed by atoms with Crippen LogP contribution in [0.1, 0.15) is 48.4 Å². The highest BCUT2D eigenvalue weighted by Crippen LogP contribution is 2.37. The molecule has 1 aliphatic rings. The third-order valence-corrected chi connectivity index (χ3v) is 4.63. The number of carboxylic acid groups (broad SMARTS) is 1. The molecule has 1 heterocycles. The fourth-order valence-corrected chi connectivity index (χ4v) is 3.18. The number of aliphatic carboxylic acids is 1. The number of nitrogens with zero attached hydrogens (tertiary/aromatic N) is 2. The van der Waals surface area contributed by atoms with Crippen molar-refractivity contribution in [2.45, 2.75) is 38.6 Å². The van der Waals surface area contributed by atoms with Gasteiger partial charge in [-0.2, -0.15) is 5.10 Å². The average Bonchev–Trinajstić information content (AvgIpc) is 3.07. The molecule has 3 rings (SSSR count). The second-order valence-corrected chi connectivity index (χ2v) is 6.68. The number of aromatic hydroxyl groups is 1. The first-order chi connectivity index (χ1) is 13.0. The van der Waals surface area contributed by atoms with Crippen LogP contribution in [-0.4, -0.2) is 32.8 Å². The fraction of sp³-hybridized carbons (Fsp3) is 0.286. The highest BCUT2D eigenvalue weighted by Gasteiger charge is 2.34. The van der Waals surface area contributed by atoms with Gasteiger partial charge in [-0.15, -0.1) is 0 Å². The second kappa shape index (κ2) is 8.03. The summed E-state index contributed by atoms with van der Waals surface area (Å²) < 4.78 is 0. The summed E-state index contributed by atoms with van der Waals surface area (Å²) in [6.45, 7) is 2.00. The summed E-state index contributed by atoms with van der Waals surface area (Å²) in [5, 5.41) is 25.0. The Hall–Kier alpha value is -3.15. The number of rotatable bonds is 6. The molecule has 0 spiro atoms. The fourth-order valence-electron chi connectivity index (χ4n) is 3.18. The maximum atomic E-state index is 12.7. The monoisotopic (exact) mass is 366 g/mol. The van der Waals surface area contributed by atoms with E-state index in [4.69, 9.17) is 5.11 Å². The number of hydrogen-bond acceptors (Lipinski definition) is 4. The number of carboxylic acids is 1. The first-order valence-electron chi connectivity index (χ1n) is 8.92. The molecular weight excluding hydrogens is 344 g/mol. The Labute approximate surface area is 157 Å². The maximum Gasteiger partial charge on any atom is 0.303 e. The molecule has 2 aromatic carbocycles. The minimum Gasteiger partial charge on any atom is -0.508 e. The number of aryl methyl sites for hydroxylation is 1. The highest BCUT2D eigenvalue weighted by atomic mass is 16.4. The molecular formula is C21H22N2O4. The van der Waals surface area contributed by atoms with E-state index in [2.05, 4.69) is 5.10 Å². The van der Waals surface area contributed by atoms with Crippen LogP contribution in [0.5, 0.6) is 5.75 Å². The van der Waals surface area contributed by atoms with Crippen molar-refractivity contribution in [3.8, 4) is 5.75 Å². The maximum absolute atomic E-state index is 12.7. The van der Waals surface area contributed by atoms with Crippen molar-refractivity contribution >= 4 is 17.6 Å².